The van der Waals surface area contributed by atoms with Gasteiger partial charge in [0.25, 0.3) is 0 Å². The summed E-state index contributed by atoms with van der Waals surface area (Å²) < 4.78 is 5.21. The SMILES string of the molecule is CCC1=CC=CC(C=CC(=O)OCc2ccccc2)C1. The minimum absolute atomic E-state index is 0.283. The zero-order valence-electron chi connectivity index (χ0n) is 11.8. The fourth-order valence-electron chi connectivity index (χ4n) is 2.15. The van der Waals surface area contributed by atoms with Gasteiger partial charge in [-0.1, -0.05) is 67.1 Å². The molecule has 0 N–H and O–H groups in total. The van der Waals surface area contributed by atoms with Crippen LogP contribution in [0.2, 0.25) is 0 Å². The molecule has 0 amide bonds. The summed E-state index contributed by atoms with van der Waals surface area (Å²) in [6, 6.07) is 9.70. The van der Waals surface area contributed by atoms with E-state index in [0.717, 1.165) is 18.4 Å². The van der Waals surface area contributed by atoms with Crippen LogP contribution in [-0.4, -0.2) is 5.97 Å². The quantitative estimate of drug-likeness (QED) is 0.591. The number of rotatable bonds is 5. The van der Waals surface area contributed by atoms with Gasteiger partial charge in [-0.2, -0.15) is 0 Å². The lowest BCUT2D eigenvalue weighted by molar-refractivity contribution is -0.139. The molecule has 0 heterocycles. The van der Waals surface area contributed by atoms with Crippen molar-refractivity contribution < 1.29 is 9.53 Å². The number of carbonyl (C=O) groups excluding carboxylic acids is 1. The molecule has 1 unspecified atom stereocenters. The van der Waals surface area contributed by atoms with Crippen LogP contribution < -0.4 is 0 Å². The molecule has 0 fully saturated rings. The van der Waals surface area contributed by atoms with E-state index >= 15 is 0 Å². The van der Waals surface area contributed by atoms with E-state index in [1.54, 1.807) is 0 Å². The van der Waals surface area contributed by atoms with Crippen molar-refractivity contribution >= 4 is 5.97 Å². The van der Waals surface area contributed by atoms with Crippen LogP contribution in [0.1, 0.15) is 25.3 Å². The van der Waals surface area contributed by atoms with Crippen LogP contribution in [0.25, 0.3) is 0 Å². The molecule has 104 valence electrons. The topological polar surface area (TPSA) is 26.3 Å². The van der Waals surface area contributed by atoms with E-state index in [9.17, 15) is 4.79 Å². The Bertz CT molecular complexity index is 524. The molecule has 0 saturated heterocycles. The Morgan fingerprint density at radius 2 is 2.15 bits per heavy atom. The average Bonchev–Trinajstić information content (AvgIpc) is 2.52. The Labute approximate surface area is 120 Å². The van der Waals surface area contributed by atoms with Gasteiger partial charge in [-0.05, 0) is 24.3 Å². The summed E-state index contributed by atoms with van der Waals surface area (Å²) in [5, 5.41) is 0. The first-order valence-corrected chi connectivity index (χ1v) is 7.03. The largest absolute Gasteiger partial charge is 0.458 e. The third kappa shape index (κ3) is 4.54. The predicted octanol–water partition coefficient (Wildman–Crippen LogP) is 4.20. The molecule has 0 bridgehead atoms. The second-order valence-corrected chi connectivity index (χ2v) is 4.88. The van der Waals surface area contributed by atoms with Crippen LogP contribution in [0.3, 0.4) is 0 Å². The van der Waals surface area contributed by atoms with E-state index < -0.39 is 0 Å². The summed E-state index contributed by atoms with van der Waals surface area (Å²) in [5.74, 6) is 0.0223. The summed E-state index contributed by atoms with van der Waals surface area (Å²) in [6.07, 6.45) is 11.8. The summed E-state index contributed by atoms with van der Waals surface area (Å²) in [6.45, 7) is 2.48. The highest BCUT2D eigenvalue weighted by atomic mass is 16.5. The number of hydrogen-bond acceptors (Lipinski definition) is 2. The van der Waals surface area contributed by atoms with Gasteiger partial charge in [0.2, 0.25) is 0 Å². The monoisotopic (exact) mass is 268 g/mol. The molecule has 2 rings (SSSR count). The number of carbonyl (C=O) groups is 1. The highest BCUT2D eigenvalue weighted by Gasteiger charge is 2.08. The fourth-order valence-corrected chi connectivity index (χ4v) is 2.15. The Morgan fingerprint density at radius 1 is 1.35 bits per heavy atom. The third-order valence-corrected chi connectivity index (χ3v) is 3.35. The Hall–Kier alpha value is -2.09. The van der Waals surface area contributed by atoms with Crippen molar-refractivity contribution in [2.75, 3.05) is 0 Å². The van der Waals surface area contributed by atoms with E-state index in [2.05, 4.69) is 25.2 Å². The molecule has 0 aromatic heterocycles. The first-order valence-electron chi connectivity index (χ1n) is 7.03. The second-order valence-electron chi connectivity index (χ2n) is 4.88. The van der Waals surface area contributed by atoms with Crippen molar-refractivity contribution in [3.63, 3.8) is 0 Å². The zero-order chi connectivity index (χ0) is 14.2. The molecule has 0 saturated carbocycles. The van der Waals surface area contributed by atoms with Crippen molar-refractivity contribution in [3.8, 4) is 0 Å². The third-order valence-electron chi connectivity index (χ3n) is 3.35. The average molecular weight is 268 g/mol. The maximum absolute atomic E-state index is 11.7. The van der Waals surface area contributed by atoms with Crippen molar-refractivity contribution in [2.45, 2.75) is 26.4 Å². The molecule has 2 nitrogen and oxygen atoms in total. The lowest BCUT2D eigenvalue weighted by atomic mass is 9.92. The highest BCUT2D eigenvalue weighted by molar-refractivity contribution is 5.82. The van der Waals surface area contributed by atoms with Crippen molar-refractivity contribution in [2.24, 2.45) is 5.92 Å². The van der Waals surface area contributed by atoms with Gasteiger partial charge in [0.15, 0.2) is 0 Å². The Balaban J connectivity index is 1.79. The first kappa shape index (κ1) is 14.3. The normalized spacial score (nSPS) is 18.1. The molecule has 0 spiro atoms. The number of ether oxygens (including phenoxy) is 1. The van der Waals surface area contributed by atoms with Crippen LogP contribution in [0.5, 0.6) is 0 Å². The molecule has 0 radical (unpaired) electrons. The minimum atomic E-state index is -0.283. The number of benzene rings is 1. The van der Waals surface area contributed by atoms with Gasteiger partial charge in [-0.15, -0.1) is 0 Å². The molecule has 20 heavy (non-hydrogen) atoms. The number of esters is 1. The molecular weight excluding hydrogens is 248 g/mol. The van der Waals surface area contributed by atoms with Gasteiger partial charge in [-0.25, -0.2) is 4.79 Å². The molecule has 1 aliphatic rings. The standard InChI is InChI=1S/C18H20O2/c1-2-15-9-6-10-16(13-15)11-12-18(19)20-14-17-7-4-3-5-8-17/h3-12,16H,2,13-14H2,1H3. The first-order chi connectivity index (χ1) is 9.78. The van der Waals surface area contributed by atoms with Gasteiger partial charge in [0.1, 0.15) is 6.61 Å². The van der Waals surface area contributed by atoms with Crippen LogP contribution in [-0.2, 0) is 16.1 Å². The number of hydrogen-bond donors (Lipinski definition) is 0. The molecule has 1 atom stereocenters. The van der Waals surface area contributed by atoms with Gasteiger partial charge < -0.3 is 4.74 Å². The maximum atomic E-state index is 11.7. The Kier molecular flexibility index (Phi) is 5.36. The molecule has 0 aliphatic heterocycles. The lowest BCUT2D eigenvalue weighted by Gasteiger charge is -2.13. The van der Waals surface area contributed by atoms with Crippen molar-refractivity contribution in [1.82, 2.24) is 0 Å². The molecular formula is C18H20O2. The zero-order valence-corrected chi connectivity index (χ0v) is 11.8. The Morgan fingerprint density at radius 3 is 2.90 bits per heavy atom. The number of allylic oxidation sites excluding steroid dienone is 5. The summed E-state index contributed by atoms with van der Waals surface area (Å²) in [4.78, 5) is 11.7. The van der Waals surface area contributed by atoms with Crippen LogP contribution >= 0.6 is 0 Å². The summed E-state index contributed by atoms with van der Waals surface area (Å²) in [5.41, 5.74) is 2.42. The predicted molar refractivity (Wildman–Crippen MR) is 81.0 cm³/mol. The maximum Gasteiger partial charge on any atom is 0.330 e. The molecule has 1 aromatic carbocycles. The van der Waals surface area contributed by atoms with Crippen molar-refractivity contribution in [3.05, 3.63) is 71.8 Å². The van der Waals surface area contributed by atoms with E-state index in [1.807, 2.05) is 36.4 Å². The van der Waals surface area contributed by atoms with E-state index in [4.69, 9.17) is 4.74 Å². The van der Waals surface area contributed by atoms with Gasteiger partial charge in [0.05, 0.1) is 0 Å². The van der Waals surface area contributed by atoms with Gasteiger partial charge >= 0.3 is 5.97 Å². The molecule has 1 aliphatic carbocycles. The van der Waals surface area contributed by atoms with Crippen LogP contribution in [0.4, 0.5) is 0 Å². The highest BCUT2D eigenvalue weighted by Crippen LogP contribution is 2.21. The summed E-state index contributed by atoms with van der Waals surface area (Å²) in [7, 11) is 0. The molecule has 1 aromatic rings. The van der Waals surface area contributed by atoms with E-state index in [1.165, 1.54) is 11.6 Å². The van der Waals surface area contributed by atoms with Crippen LogP contribution in [0, 0.1) is 5.92 Å². The van der Waals surface area contributed by atoms with Crippen LogP contribution in [0.15, 0.2) is 66.3 Å². The fraction of sp³-hybridized carbons (Fsp3) is 0.278. The lowest BCUT2D eigenvalue weighted by Crippen LogP contribution is -2.03. The van der Waals surface area contributed by atoms with Crippen molar-refractivity contribution in [1.29, 1.82) is 0 Å². The molecule has 2 heteroatoms. The van der Waals surface area contributed by atoms with Gasteiger partial charge in [-0.3, -0.25) is 0 Å². The smallest absolute Gasteiger partial charge is 0.330 e. The minimum Gasteiger partial charge on any atom is -0.458 e. The van der Waals surface area contributed by atoms with Gasteiger partial charge in [0, 0.05) is 6.08 Å². The summed E-state index contributed by atoms with van der Waals surface area (Å²) >= 11 is 0. The van der Waals surface area contributed by atoms with E-state index in [-0.39, 0.29) is 5.97 Å². The van der Waals surface area contributed by atoms with E-state index in [0.29, 0.717) is 12.5 Å². The second kappa shape index (κ2) is 7.49.